The Hall–Kier alpha value is -0.260. The van der Waals surface area contributed by atoms with Crippen LogP contribution in [-0.4, -0.2) is 24.5 Å². The van der Waals surface area contributed by atoms with E-state index in [1.54, 1.807) is 12.5 Å². The molecule has 0 saturated heterocycles. The van der Waals surface area contributed by atoms with Crippen LogP contribution in [-0.2, 0) is 4.74 Å². The minimum Gasteiger partial charge on any atom is -0.383 e. The van der Waals surface area contributed by atoms with Gasteiger partial charge in [-0.15, -0.1) is 11.3 Å². The molecule has 1 rings (SSSR count). The number of carbonyl (C=O) groups is 1. The fourth-order valence-corrected chi connectivity index (χ4v) is 2.32. The Bertz CT molecular complexity index is 300. The highest BCUT2D eigenvalue weighted by Gasteiger charge is 2.13. The van der Waals surface area contributed by atoms with E-state index in [0.29, 0.717) is 12.3 Å². The molecule has 0 aliphatic rings. The number of carbonyl (C=O) groups excluding carboxylic acids is 1. The van der Waals surface area contributed by atoms with Gasteiger partial charge in [0.15, 0.2) is 5.78 Å². The van der Waals surface area contributed by atoms with Crippen LogP contribution < -0.4 is 0 Å². The lowest BCUT2D eigenvalue weighted by Gasteiger charge is -2.02. The van der Waals surface area contributed by atoms with Crippen LogP contribution in [0.25, 0.3) is 0 Å². The van der Waals surface area contributed by atoms with Crippen LogP contribution in [0.2, 0.25) is 0 Å². The smallest absolute Gasteiger partial charge is 0.178 e. The lowest BCUT2D eigenvalue weighted by molar-refractivity contribution is 0.101. The lowest BCUT2D eigenvalue weighted by atomic mass is 10.3. The van der Waals surface area contributed by atoms with Gasteiger partial charge in [0.2, 0.25) is 0 Å². The third-order valence-electron chi connectivity index (χ3n) is 1.46. The van der Waals surface area contributed by atoms with Crippen LogP contribution in [0.3, 0.4) is 0 Å². The van der Waals surface area contributed by atoms with Gasteiger partial charge in [-0.3, -0.25) is 4.79 Å². The molecule has 0 amide bonds. The molecule has 5 heteroatoms. The predicted molar refractivity (Wildman–Crippen MR) is 55.7 cm³/mol. The summed E-state index contributed by atoms with van der Waals surface area (Å²) in [5.74, 6) is -0.000355. The molecule has 13 heavy (non-hydrogen) atoms. The summed E-state index contributed by atoms with van der Waals surface area (Å²) in [6.45, 7) is 2.07. The van der Waals surface area contributed by atoms with Gasteiger partial charge in [0.1, 0.15) is 10.7 Å². The number of alkyl halides is 1. The number of ketones is 1. The van der Waals surface area contributed by atoms with Crippen molar-refractivity contribution in [1.29, 1.82) is 0 Å². The third kappa shape index (κ3) is 2.86. The van der Waals surface area contributed by atoms with Crippen molar-refractivity contribution < 1.29 is 9.53 Å². The van der Waals surface area contributed by atoms with E-state index in [1.807, 2.05) is 0 Å². The van der Waals surface area contributed by atoms with Crippen molar-refractivity contribution in [3.05, 3.63) is 16.1 Å². The van der Waals surface area contributed by atoms with E-state index < -0.39 is 0 Å². The molecule has 1 aromatic rings. The largest absolute Gasteiger partial charge is 0.383 e. The number of Topliss-reactive ketones (excluding diaryl/α,β-unsaturated/α-hetero) is 1. The number of hydrogen-bond acceptors (Lipinski definition) is 4. The second-order valence-electron chi connectivity index (χ2n) is 2.55. The topological polar surface area (TPSA) is 39.2 Å². The third-order valence-corrected chi connectivity index (χ3v) is 3.42. The highest BCUT2D eigenvalue weighted by atomic mass is 79.9. The number of hydrogen-bond donors (Lipinski definition) is 0. The van der Waals surface area contributed by atoms with Crippen LogP contribution in [0.1, 0.15) is 27.2 Å². The summed E-state index contributed by atoms with van der Waals surface area (Å²) in [7, 11) is 1.63. The minimum atomic E-state index is -0.000355. The molecule has 3 nitrogen and oxygen atoms in total. The van der Waals surface area contributed by atoms with Gasteiger partial charge in [0.05, 0.1) is 11.4 Å². The summed E-state index contributed by atoms with van der Waals surface area (Å²) in [4.78, 5) is 15.2. The summed E-state index contributed by atoms with van der Waals surface area (Å²) in [5, 5.41) is 2.65. The van der Waals surface area contributed by atoms with E-state index in [9.17, 15) is 4.79 Å². The molecule has 0 saturated carbocycles. The van der Waals surface area contributed by atoms with E-state index in [1.165, 1.54) is 18.3 Å². The molecule has 0 aliphatic carbocycles. The SMILES string of the molecule is COCC(Br)c1nc(C(C)=O)cs1. The highest BCUT2D eigenvalue weighted by Crippen LogP contribution is 2.26. The van der Waals surface area contributed by atoms with Gasteiger partial charge in [-0.25, -0.2) is 4.98 Å². The summed E-state index contributed by atoms with van der Waals surface area (Å²) < 4.78 is 4.96. The molecule has 1 atom stereocenters. The number of nitrogens with zero attached hydrogens (tertiary/aromatic N) is 1. The normalized spacial score (nSPS) is 12.8. The Kier molecular flexibility index (Phi) is 4.02. The average molecular weight is 264 g/mol. The number of rotatable bonds is 4. The molecule has 0 spiro atoms. The molecule has 1 unspecified atom stereocenters. The lowest BCUT2D eigenvalue weighted by Crippen LogP contribution is -1.99. The van der Waals surface area contributed by atoms with Gasteiger partial charge in [-0.1, -0.05) is 15.9 Å². The molecule has 1 aromatic heterocycles. The molecule has 0 N–H and O–H groups in total. The minimum absolute atomic E-state index is 0.000355. The fraction of sp³-hybridized carbons (Fsp3) is 0.500. The van der Waals surface area contributed by atoms with E-state index in [2.05, 4.69) is 20.9 Å². The van der Waals surface area contributed by atoms with Crippen molar-refractivity contribution in [2.75, 3.05) is 13.7 Å². The quantitative estimate of drug-likeness (QED) is 0.619. The number of halogens is 1. The standard InChI is InChI=1S/C8H10BrNO2S/c1-5(11)7-4-13-8(10-7)6(9)3-12-2/h4,6H,3H2,1-2H3. The first-order chi connectivity index (χ1) is 6.15. The zero-order valence-electron chi connectivity index (χ0n) is 7.41. The second-order valence-corrected chi connectivity index (χ2v) is 4.55. The van der Waals surface area contributed by atoms with Crippen LogP contribution in [0, 0.1) is 0 Å². The maximum absolute atomic E-state index is 10.9. The summed E-state index contributed by atoms with van der Waals surface area (Å²) in [6, 6.07) is 0. The average Bonchev–Trinajstić information content (AvgIpc) is 2.52. The van der Waals surface area contributed by atoms with Gasteiger partial charge in [-0.2, -0.15) is 0 Å². The Morgan fingerprint density at radius 2 is 2.54 bits per heavy atom. The van der Waals surface area contributed by atoms with Crippen molar-refractivity contribution in [3.63, 3.8) is 0 Å². The van der Waals surface area contributed by atoms with Gasteiger partial charge < -0.3 is 4.74 Å². The zero-order chi connectivity index (χ0) is 9.84. The molecule has 0 aromatic carbocycles. The number of thiazole rings is 1. The Balaban J connectivity index is 2.73. The van der Waals surface area contributed by atoms with E-state index in [0.717, 1.165) is 5.01 Å². The number of ether oxygens (including phenoxy) is 1. The first-order valence-electron chi connectivity index (χ1n) is 3.74. The Morgan fingerprint density at radius 3 is 3.00 bits per heavy atom. The molecule has 1 heterocycles. The van der Waals surface area contributed by atoms with Gasteiger partial charge in [-0.05, 0) is 0 Å². The second kappa shape index (κ2) is 4.83. The maximum atomic E-state index is 10.9. The first kappa shape index (κ1) is 10.8. The predicted octanol–water partition coefficient (Wildman–Crippen LogP) is 2.43. The van der Waals surface area contributed by atoms with Crippen LogP contribution in [0.15, 0.2) is 5.38 Å². The van der Waals surface area contributed by atoms with E-state index in [-0.39, 0.29) is 10.6 Å². The summed E-state index contributed by atoms with van der Waals surface area (Å²) in [6.07, 6.45) is 0. The summed E-state index contributed by atoms with van der Waals surface area (Å²) in [5.41, 5.74) is 0.528. The summed E-state index contributed by atoms with van der Waals surface area (Å²) >= 11 is 4.89. The van der Waals surface area contributed by atoms with Crippen molar-refractivity contribution in [3.8, 4) is 0 Å². The van der Waals surface area contributed by atoms with Gasteiger partial charge >= 0.3 is 0 Å². The van der Waals surface area contributed by atoms with Gasteiger partial charge in [0, 0.05) is 19.4 Å². The molecular weight excluding hydrogens is 254 g/mol. The Morgan fingerprint density at radius 1 is 1.85 bits per heavy atom. The molecule has 0 fully saturated rings. The first-order valence-corrected chi connectivity index (χ1v) is 5.54. The zero-order valence-corrected chi connectivity index (χ0v) is 9.81. The van der Waals surface area contributed by atoms with Crippen LogP contribution >= 0.6 is 27.3 Å². The van der Waals surface area contributed by atoms with E-state index in [4.69, 9.17) is 4.74 Å². The van der Waals surface area contributed by atoms with Crippen molar-refractivity contribution in [1.82, 2.24) is 4.98 Å². The maximum Gasteiger partial charge on any atom is 0.178 e. The number of aromatic nitrogens is 1. The molecule has 0 radical (unpaired) electrons. The van der Waals surface area contributed by atoms with Gasteiger partial charge in [0.25, 0.3) is 0 Å². The highest BCUT2D eigenvalue weighted by molar-refractivity contribution is 9.09. The van der Waals surface area contributed by atoms with Crippen LogP contribution in [0.4, 0.5) is 0 Å². The van der Waals surface area contributed by atoms with Crippen molar-refractivity contribution in [2.24, 2.45) is 0 Å². The number of methoxy groups -OCH3 is 1. The molecular formula is C8H10BrNO2S. The molecule has 72 valence electrons. The van der Waals surface area contributed by atoms with E-state index >= 15 is 0 Å². The Labute approximate surface area is 89.3 Å². The van der Waals surface area contributed by atoms with Crippen molar-refractivity contribution >= 4 is 33.0 Å². The molecule has 0 bridgehead atoms. The molecule has 0 aliphatic heterocycles. The fourth-order valence-electron chi connectivity index (χ4n) is 0.811. The van der Waals surface area contributed by atoms with Crippen molar-refractivity contribution in [2.45, 2.75) is 11.8 Å². The monoisotopic (exact) mass is 263 g/mol. The van der Waals surface area contributed by atoms with Crippen LogP contribution in [0.5, 0.6) is 0 Å².